The first kappa shape index (κ1) is 67.4. The highest BCUT2D eigenvalue weighted by molar-refractivity contribution is 7.47. The molecule has 8 rings (SSSR count). The third-order valence-electron chi connectivity index (χ3n) is 24.4. The summed E-state index contributed by atoms with van der Waals surface area (Å²) in [6.07, 6.45) is 28.0. The third kappa shape index (κ3) is 16.1. The van der Waals surface area contributed by atoms with E-state index in [1.165, 1.54) is 101 Å². The van der Waals surface area contributed by atoms with Crippen molar-refractivity contribution in [2.75, 3.05) is 47.5 Å². The summed E-state index contributed by atoms with van der Waals surface area (Å²) in [5.74, 6) is 6.54. The number of likely N-dealkylation sites (N-methyl/N-ethyl adjacent to an activating group) is 1. The van der Waals surface area contributed by atoms with Crippen LogP contribution in [0.15, 0.2) is 23.3 Å². The molecule has 478 valence electrons. The van der Waals surface area contributed by atoms with Crippen LogP contribution in [0.4, 0.5) is 0 Å². The fraction of sp³-hybridized carbons (Fsp3) is 0.886. The van der Waals surface area contributed by atoms with Gasteiger partial charge in [-0.25, -0.2) is 4.57 Å². The van der Waals surface area contributed by atoms with E-state index in [-0.39, 0.29) is 55.3 Å². The van der Waals surface area contributed by atoms with Gasteiger partial charge in [-0.15, -0.1) is 0 Å². The number of hydrogen-bond acceptors (Lipinski definition) is 11. The number of allylic oxidation sites excluding steroid dienone is 2. The van der Waals surface area contributed by atoms with Crippen LogP contribution in [0, 0.1) is 92.7 Å². The molecule has 8 aliphatic carbocycles. The number of phosphoric acid groups is 1. The van der Waals surface area contributed by atoms with Gasteiger partial charge in [-0.3, -0.25) is 28.2 Å². The second kappa shape index (κ2) is 28.1. The van der Waals surface area contributed by atoms with Gasteiger partial charge >= 0.3 is 31.7 Å². The molecule has 18 atom stereocenters. The van der Waals surface area contributed by atoms with Crippen molar-refractivity contribution in [2.45, 2.75) is 254 Å². The maximum atomic E-state index is 13.4. The van der Waals surface area contributed by atoms with E-state index in [1.807, 2.05) is 21.1 Å². The first-order chi connectivity index (χ1) is 39.5. The number of phosphoric ester groups is 1. The zero-order valence-electron chi connectivity index (χ0n) is 54.9. The predicted molar refractivity (Wildman–Crippen MR) is 330 cm³/mol. The molecule has 1 unspecified atom stereocenters. The molecule has 1 N–H and O–H groups in total. The van der Waals surface area contributed by atoms with Gasteiger partial charge in [0.15, 0.2) is 6.10 Å². The van der Waals surface area contributed by atoms with Crippen LogP contribution >= 0.6 is 7.82 Å². The van der Waals surface area contributed by atoms with Gasteiger partial charge in [-0.05, 0) is 183 Å². The number of nitrogens with zero attached hydrogens (tertiary/aromatic N) is 1. The second-order valence-corrected chi connectivity index (χ2v) is 33.1. The molecule has 0 radical (unpaired) electrons. The van der Waals surface area contributed by atoms with Gasteiger partial charge in [0, 0.05) is 12.8 Å². The van der Waals surface area contributed by atoms with Crippen LogP contribution in [0.3, 0.4) is 0 Å². The molecule has 0 spiro atoms. The number of hydrogen-bond donors (Lipinski definition) is 1. The topological polar surface area (TPSA) is 161 Å². The molecule has 0 aromatic carbocycles. The van der Waals surface area contributed by atoms with Crippen LogP contribution in [0.2, 0.25) is 0 Å². The Morgan fingerprint density at radius 3 is 1.48 bits per heavy atom. The molecule has 0 saturated heterocycles. The fourth-order valence-corrected chi connectivity index (χ4v) is 20.4. The van der Waals surface area contributed by atoms with Gasteiger partial charge in [-0.1, -0.05) is 131 Å². The van der Waals surface area contributed by atoms with Crippen LogP contribution in [-0.4, -0.2) is 99.1 Å². The monoisotopic (exact) mass is 1190 g/mol. The molecule has 0 aromatic rings. The molecule has 0 aliphatic heterocycles. The predicted octanol–water partition coefficient (Wildman–Crippen LogP) is 15.7. The standard InChI is InChI=1S/C70H116NO12P/c1-46(2)16-14-18-48(5)57-24-26-59-55-22-20-50-42-52(32-36-67(50,7)61(55)34-38-69(57,59)9)81-64(73)29-28-63(72)78-44-54(45-80-84(76,77)79-41-40-71(11,12)13)83-66(75)31-30-65(74)82-53-33-37-68(8)51(43-53)21-23-56-60-27-25-58(49(6)19-15-17-47(3)4)70(60,10)39-35-62(56)68/h20-21,46-49,52-62H,14-19,22-45H2,1-13H3/p+1/t48-,49-,52+,53+,54-,55+,56+,57-,58-,59+,60+,61+,62+,67+,68+,69-,70-/m1/s1. The summed E-state index contributed by atoms with van der Waals surface area (Å²) in [5, 5.41) is 0. The van der Waals surface area contributed by atoms with Gasteiger partial charge in [-0.2, -0.15) is 0 Å². The van der Waals surface area contributed by atoms with Crippen molar-refractivity contribution in [3.05, 3.63) is 23.3 Å². The Morgan fingerprint density at radius 1 is 0.571 bits per heavy atom. The molecule has 6 fully saturated rings. The highest BCUT2D eigenvalue weighted by Crippen LogP contribution is 2.69. The average Bonchev–Trinajstić information content (AvgIpc) is 2.07. The number of esters is 4. The lowest BCUT2D eigenvalue weighted by Gasteiger charge is -2.58. The largest absolute Gasteiger partial charge is 0.472 e. The zero-order valence-corrected chi connectivity index (χ0v) is 55.8. The normalized spacial score (nSPS) is 36.2. The molecular weight excluding hydrogens is 1080 g/mol. The fourth-order valence-electron chi connectivity index (χ4n) is 19.7. The lowest BCUT2D eigenvalue weighted by molar-refractivity contribution is -0.870. The summed E-state index contributed by atoms with van der Waals surface area (Å²) in [6, 6.07) is 0. The van der Waals surface area contributed by atoms with E-state index in [0.29, 0.717) is 52.0 Å². The van der Waals surface area contributed by atoms with Gasteiger partial charge in [0.2, 0.25) is 0 Å². The lowest BCUT2D eigenvalue weighted by atomic mass is 9.47. The van der Waals surface area contributed by atoms with Crippen molar-refractivity contribution >= 4 is 31.7 Å². The summed E-state index contributed by atoms with van der Waals surface area (Å²) in [4.78, 5) is 63.7. The highest BCUT2D eigenvalue weighted by atomic mass is 31.2. The molecule has 0 amide bonds. The van der Waals surface area contributed by atoms with Crippen LogP contribution in [0.25, 0.3) is 0 Å². The second-order valence-electron chi connectivity index (χ2n) is 31.7. The maximum Gasteiger partial charge on any atom is 0.472 e. The zero-order chi connectivity index (χ0) is 61.0. The summed E-state index contributed by atoms with van der Waals surface area (Å²) >= 11 is 0. The summed E-state index contributed by atoms with van der Waals surface area (Å²) < 4.78 is 47.1. The molecule has 0 aromatic heterocycles. The number of carbonyl (C=O) groups is 4. The minimum atomic E-state index is -4.59. The van der Waals surface area contributed by atoms with Crippen molar-refractivity contribution in [1.29, 1.82) is 0 Å². The Kier molecular flexibility index (Phi) is 22.5. The van der Waals surface area contributed by atoms with Crippen molar-refractivity contribution in [1.82, 2.24) is 0 Å². The molecule has 0 bridgehead atoms. The van der Waals surface area contributed by atoms with E-state index in [0.717, 1.165) is 92.3 Å². The quantitative estimate of drug-likeness (QED) is 0.0260. The van der Waals surface area contributed by atoms with Crippen molar-refractivity contribution in [3.8, 4) is 0 Å². The van der Waals surface area contributed by atoms with Crippen molar-refractivity contribution in [2.24, 2.45) is 92.7 Å². The average molecular weight is 1200 g/mol. The molecule has 14 heteroatoms. The molecule has 13 nitrogen and oxygen atoms in total. The molecule has 8 aliphatic rings. The molecule has 6 saturated carbocycles. The van der Waals surface area contributed by atoms with Gasteiger partial charge in [0.25, 0.3) is 0 Å². The van der Waals surface area contributed by atoms with Gasteiger partial charge in [0.05, 0.1) is 53.4 Å². The Hall–Kier alpha value is -2.57. The highest BCUT2D eigenvalue weighted by Gasteiger charge is 2.61. The van der Waals surface area contributed by atoms with E-state index in [4.69, 9.17) is 28.0 Å². The molecule has 84 heavy (non-hydrogen) atoms. The summed E-state index contributed by atoms with van der Waals surface area (Å²) in [5.41, 5.74) is 3.93. The third-order valence-corrected chi connectivity index (χ3v) is 25.3. The SMILES string of the molecule is CC(C)CCC[C@@H](C)[C@H]1CC[C@H]2[C@@H]3CC=C4C[C@@H](OC(=O)CCC(=O)OC[C@H](COP(=O)(O)OCC[N+](C)(C)C)OC(=O)CCC(=O)O[C@H]5CC[C@@]6(C)C(=CC[C@H]7[C@@H]8CC[C@H]([C@H](C)CCCC(C)C)[C@@]8(C)CC[C@@H]76)C5)CC[C@]4(C)[C@H]3CC[C@]12C. The first-order valence-corrected chi connectivity index (χ1v) is 35.6. The Morgan fingerprint density at radius 2 is 1.02 bits per heavy atom. The van der Waals surface area contributed by atoms with Crippen molar-refractivity contribution < 1.29 is 61.1 Å². The van der Waals surface area contributed by atoms with E-state index in [9.17, 15) is 28.6 Å². The number of carbonyl (C=O) groups excluding carboxylic acids is 4. The number of fused-ring (bicyclic) bond motifs is 10. The Labute approximate surface area is 508 Å². The van der Waals surface area contributed by atoms with Crippen LogP contribution in [0.1, 0.15) is 236 Å². The minimum Gasteiger partial charge on any atom is -0.462 e. The van der Waals surface area contributed by atoms with E-state index >= 15 is 0 Å². The van der Waals surface area contributed by atoms with Gasteiger partial charge in [0.1, 0.15) is 32.0 Å². The summed E-state index contributed by atoms with van der Waals surface area (Å²) in [7, 11) is 1.16. The smallest absolute Gasteiger partial charge is 0.462 e. The number of quaternary nitrogens is 1. The maximum absolute atomic E-state index is 13.4. The number of ether oxygens (including phenoxy) is 4. The Bertz CT molecular complexity index is 2380. The minimum absolute atomic E-state index is 0.0659. The van der Waals surface area contributed by atoms with E-state index in [2.05, 4.69) is 81.4 Å². The first-order valence-electron chi connectivity index (χ1n) is 34.1. The summed E-state index contributed by atoms with van der Waals surface area (Å²) in [6.45, 7) is 23.9. The van der Waals surface area contributed by atoms with E-state index in [1.54, 1.807) is 0 Å². The van der Waals surface area contributed by atoms with Crippen LogP contribution in [0.5, 0.6) is 0 Å². The van der Waals surface area contributed by atoms with Crippen LogP contribution < -0.4 is 0 Å². The molecule has 0 heterocycles. The number of rotatable bonds is 28. The van der Waals surface area contributed by atoms with E-state index < -0.39 is 51.0 Å². The van der Waals surface area contributed by atoms with Gasteiger partial charge < -0.3 is 28.3 Å². The molecular formula is C70H117NO12P+. The van der Waals surface area contributed by atoms with Crippen molar-refractivity contribution in [3.63, 3.8) is 0 Å². The lowest BCUT2D eigenvalue weighted by Crippen LogP contribution is -2.51. The van der Waals surface area contributed by atoms with Crippen LogP contribution in [-0.2, 0) is 51.7 Å². The Balaban J connectivity index is 0.781.